The highest BCUT2D eigenvalue weighted by atomic mass is 15.3. The molecule has 1 aromatic heterocycles. The first kappa shape index (κ1) is 15.7. The Morgan fingerprint density at radius 3 is 2.48 bits per heavy atom. The Bertz CT molecular complexity index is 572. The number of aromatic nitrogens is 2. The summed E-state index contributed by atoms with van der Waals surface area (Å²) in [5.74, 6) is 0. The number of aryl methyl sites for hydroxylation is 1. The van der Waals surface area contributed by atoms with Crippen LogP contribution in [0.25, 0.3) is 5.69 Å². The quantitative estimate of drug-likeness (QED) is 0.886. The van der Waals surface area contributed by atoms with E-state index in [9.17, 15) is 0 Å². The molecule has 21 heavy (non-hydrogen) atoms. The fraction of sp³-hybridized carbons (Fsp3) is 0.471. The molecule has 2 aromatic rings. The second-order valence-corrected chi connectivity index (χ2v) is 5.84. The molecule has 1 N–H and O–H groups in total. The van der Waals surface area contributed by atoms with Crippen molar-refractivity contribution in [3.8, 4) is 5.69 Å². The summed E-state index contributed by atoms with van der Waals surface area (Å²) in [5, 5.41) is 8.21. The molecule has 1 atom stereocenters. The Hall–Kier alpha value is -1.65. The monoisotopic (exact) mass is 286 g/mol. The van der Waals surface area contributed by atoms with Gasteiger partial charge in [-0.3, -0.25) is 0 Å². The lowest BCUT2D eigenvalue weighted by molar-refractivity contribution is 0.302. The molecule has 2 rings (SSSR count). The van der Waals surface area contributed by atoms with Crippen LogP contribution in [0, 0.1) is 13.8 Å². The molecule has 4 heteroatoms. The van der Waals surface area contributed by atoms with Gasteiger partial charge in [-0.1, -0.05) is 18.2 Å². The van der Waals surface area contributed by atoms with E-state index in [1.165, 1.54) is 11.3 Å². The zero-order valence-electron chi connectivity index (χ0n) is 13.7. The zero-order valence-corrected chi connectivity index (χ0v) is 13.7. The zero-order chi connectivity index (χ0) is 15.4. The molecule has 0 aliphatic rings. The topological polar surface area (TPSA) is 33.1 Å². The summed E-state index contributed by atoms with van der Waals surface area (Å²) >= 11 is 0. The average Bonchev–Trinajstić information content (AvgIpc) is 2.75. The van der Waals surface area contributed by atoms with E-state index in [1.807, 2.05) is 22.9 Å². The van der Waals surface area contributed by atoms with Crippen molar-refractivity contribution in [2.45, 2.75) is 33.4 Å². The Morgan fingerprint density at radius 2 is 1.86 bits per heavy atom. The highest BCUT2D eigenvalue weighted by Crippen LogP contribution is 2.17. The van der Waals surface area contributed by atoms with E-state index in [2.05, 4.69) is 62.3 Å². The molecule has 0 fully saturated rings. The lowest BCUT2D eigenvalue weighted by atomic mass is 10.2. The first-order chi connectivity index (χ1) is 10.0. The number of hydrogen-bond acceptors (Lipinski definition) is 3. The van der Waals surface area contributed by atoms with Crippen molar-refractivity contribution < 1.29 is 0 Å². The molecular formula is C17H26N4. The Morgan fingerprint density at radius 1 is 1.19 bits per heavy atom. The number of benzene rings is 1. The summed E-state index contributed by atoms with van der Waals surface area (Å²) in [6.07, 6.45) is 0. The molecule has 0 spiro atoms. The number of para-hydroxylation sites is 1. The molecule has 0 saturated heterocycles. The van der Waals surface area contributed by atoms with Crippen molar-refractivity contribution >= 4 is 0 Å². The standard InChI is InChI=1S/C17H26N4/c1-13(20(4)5)11-18-12-17-14(2)19-21(15(17)3)16-9-7-6-8-10-16/h6-10,13,18H,11-12H2,1-5H3. The van der Waals surface area contributed by atoms with Gasteiger partial charge in [0.15, 0.2) is 0 Å². The second-order valence-electron chi connectivity index (χ2n) is 5.84. The average molecular weight is 286 g/mol. The van der Waals surface area contributed by atoms with Crippen molar-refractivity contribution in [2.24, 2.45) is 0 Å². The van der Waals surface area contributed by atoms with E-state index in [4.69, 9.17) is 0 Å². The van der Waals surface area contributed by atoms with Gasteiger partial charge in [0, 0.05) is 30.4 Å². The minimum Gasteiger partial charge on any atom is -0.311 e. The number of hydrogen-bond donors (Lipinski definition) is 1. The fourth-order valence-corrected chi connectivity index (χ4v) is 2.34. The van der Waals surface area contributed by atoms with Crippen molar-refractivity contribution in [1.29, 1.82) is 0 Å². The smallest absolute Gasteiger partial charge is 0.0648 e. The summed E-state index contributed by atoms with van der Waals surface area (Å²) in [4.78, 5) is 2.22. The van der Waals surface area contributed by atoms with Crippen molar-refractivity contribution in [3.63, 3.8) is 0 Å². The van der Waals surface area contributed by atoms with Gasteiger partial charge in [0.25, 0.3) is 0 Å². The van der Waals surface area contributed by atoms with Gasteiger partial charge in [-0.25, -0.2) is 4.68 Å². The van der Waals surface area contributed by atoms with Crippen LogP contribution in [0.4, 0.5) is 0 Å². The molecule has 1 unspecified atom stereocenters. The maximum absolute atomic E-state index is 4.68. The van der Waals surface area contributed by atoms with Gasteiger partial charge in [-0.15, -0.1) is 0 Å². The minimum atomic E-state index is 0.523. The maximum Gasteiger partial charge on any atom is 0.0648 e. The first-order valence-electron chi connectivity index (χ1n) is 7.48. The lowest BCUT2D eigenvalue weighted by Crippen LogP contribution is -2.35. The van der Waals surface area contributed by atoms with Gasteiger partial charge in [0.05, 0.1) is 11.4 Å². The van der Waals surface area contributed by atoms with Crippen LogP contribution in [-0.4, -0.2) is 41.4 Å². The molecule has 1 aromatic carbocycles. The van der Waals surface area contributed by atoms with Crippen molar-refractivity contribution in [1.82, 2.24) is 20.0 Å². The van der Waals surface area contributed by atoms with Crippen LogP contribution in [0.2, 0.25) is 0 Å². The lowest BCUT2D eigenvalue weighted by Gasteiger charge is -2.20. The number of rotatable bonds is 6. The molecule has 0 bridgehead atoms. The van der Waals surface area contributed by atoms with E-state index < -0.39 is 0 Å². The molecule has 1 heterocycles. The normalized spacial score (nSPS) is 12.9. The van der Waals surface area contributed by atoms with Gasteiger partial charge >= 0.3 is 0 Å². The van der Waals surface area contributed by atoms with E-state index in [1.54, 1.807) is 0 Å². The Balaban J connectivity index is 2.10. The Kier molecular flexibility index (Phi) is 5.15. The Labute approximate surface area is 127 Å². The molecule has 0 saturated carbocycles. The summed E-state index contributed by atoms with van der Waals surface area (Å²) in [6, 6.07) is 10.8. The van der Waals surface area contributed by atoms with Gasteiger partial charge < -0.3 is 10.2 Å². The first-order valence-corrected chi connectivity index (χ1v) is 7.48. The molecular weight excluding hydrogens is 260 g/mol. The molecule has 4 nitrogen and oxygen atoms in total. The molecule has 0 amide bonds. The number of likely N-dealkylation sites (N-methyl/N-ethyl adjacent to an activating group) is 1. The van der Waals surface area contributed by atoms with Gasteiger partial charge in [-0.2, -0.15) is 5.10 Å². The van der Waals surface area contributed by atoms with Gasteiger partial charge in [0.2, 0.25) is 0 Å². The predicted octanol–water partition coefficient (Wildman–Crippen LogP) is 2.53. The SMILES string of the molecule is Cc1nn(-c2ccccc2)c(C)c1CNCC(C)N(C)C. The number of nitrogens with zero attached hydrogens (tertiary/aromatic N) is 3. The summed E-state index contributed by atoms with van der Waals surface area (Å²) in [5.41, 5.74) is 4.72. The van der Waals surface area contributed by atoms with Crippen LogP contribution >= 0.6 is 0 Å². The van der Waals surface area contributed by atoms with Crippen LogP contribution < -0.4 is 5.32 Å². The number of nitrogens with one attached hydrogen (secondary N) is 1. The van der Waals surface area contributed by atoms with E-state index >= 15 is 0 Å². The molecule has 0 aliphatic heterocycles. The molecule has 0 aliphatic carbocycles. The third-order valence-corrected chi connectivity index (χ3v) is 4.07. The fourth-order valence-electron chi connectivity index (χ4n) is 2.34. The van der Waals surface area contributed by atoms with Crippen LogP contribution in [0.5, 0.6) is 0 Å². The summed E-state index contributed by atoms with van der Waals surface area (Å²) in [7, 11) is 4.21. The maximum atomic E-state index is 4.68. The van der Waals surface area contributed by atoms with Crippen molar-refractivity contribution in [3.05, 3.63) is 47.3 Å². The van der Waals surface area contributed by atoms with Crippen LogP contribution in [0.15, 0.2) is 30.3 Å². The van der Waals surface area contributed by atoms with E-state index in [0.717, 1.165) is 24.5 Å². The van der Waals surface area contributed by atoms with Crippen molar-refractivity contribution in [2.75, 3.05) is 20.6 Å². The van der Waals surface area contributed by atoms with Gasteiger partial charge in [-0.05, 0) is 47.0 Å². The molecule has 0 radical (unpaired) electrons. The summed E-state index contributed by atoms with van der Waals surface area (Å²) < 4.78 is 2.03. The third kappa shape index (κ3) is 3.71. The van der Waals surface area contributed by atoms with Crippen LogP contribution in [0.3, 0.4) is 0 Å². The highest BCUT2D eigenvalue weighted by Gasteiger charge is 2.13. The minimum absolute atomic E-state index is 0.523. The van der Waals surface area contributed by atoms with E-state index in [0.29, 0.717) is 6.04 Å². The highest BCUT2D eigenvalue weighted by molar-refractivity contribution is 5.36. The van der Waals surface area contributed by atoms with Crippen LogP contribution in [-0.2, 0) is 6.54 Å². The predicted molar refractivity (Wildman–Crippen MR) is 87.9 cm³/mol. The van der Waals surface area contributed by atoms with E-state index in [-0.39, 0.29) is 0 Å². The second kappa shape index (κ2) is 6.87. The van der Waals surface area contributed by atoms with Crippen LogP contribution in [0.1, 0.15) is 23.9 Å². The molecule has 114 valence electrons. The third-order valence-electron chi connectivity index (χ3n) is 4.07. The van der Waals surface area contributed by atoms with Gasteiger partial charge in [0.1, 0.15) is 0 Å². The summed E-state index contributed by atoms with van der Waals surface area (Å²) in [6.45, 7) is 8.28. The largest absolute Gasteiger partial charge is 0.311 e.